The van der Waals surface area contributed by atoms with Gasteiger partial charge in [-0.1, -0.05) is 30.3 Å². The van der Waals surface area contributed by atoms with E-state index in [1.54, 1.807) is 12.3 Å². The predicted molar refractivity (Wildman–Crippen MR) is 80.4 cm³/mol. The highest BCUT2D eigenvalue weighted by atomic mass is 32.1. The van der Waals surface area contributed by atoms with Crippen molar-refractivity contribution in [2.45, 2.75) is 12.8 Å². The highest BCUT2D eigenvalue weighted by Gasteiger charge is 2.22. The van der Waals surface area contributed by atoms with E-state index >= 15 is 0 Å². The maximum absolute atomic E-state index is 12.1. The van der Waals surface area contributed by atoms with E-state index < -0.39 is 5.92 Å². The molecule has 0 bridgehead atoms. The summed E-state index contributed by atoms with van der Waals surface area (Å²) in [5, 5.41) is 4.46. The second-order valence-corrected chi connectivity index (χ2v) is 5.14. The number of hydrogen-bond acceptors (Lipinski definition) is 5. The molecule has 1 atom stereocenters. The molecule has 1 amide bonds. The summed E-state index contributed by atoms with van der Waals surface area (Å²) in [4.78, 5) is 24.0. The third-order valence-electron chi connectivity index (χ3n) is 3.15. The first-order valence-corrected chi connectivity index (χ1v) is 7.29. The molecule has 0 saturated carbocycles. The fraction of sp³-hybridized carbons (Fsp3) is 0.267. The average molecular weight is 304 g/mol. The van der Waals surface area contributed by atoms with E-state index in [-0.39, 0.29) is 18.4 Å². The van der Waals surface area contributed by atoms with Gasteiger partial charge in [0.1, 0.15) is 0 Å². The summed E-state index contributed by atoms with van der Waals surface area (Å²) < 4.78 is 8.88. The predicted octanol–water partition coefficient (Wildman–Crippen LogP) is 2.14. The first-order chi connectivity index (χ1) is 10.1. The zero-order valence-corrected chi connectivity index (χ0v) is 12.6. The first-order valence-electron chi connectivity index (χ1n) is 6.45. The third-order valence-corrected chi connectivity index (χ3v) is 3.87. The summed E-state index contributed by atoms with van der Waals surface area (Å²) in [7, 11) is 1.34. The zero-order chi connectivity index (χ0) is 15.2. The van der Waals surface area contributed by atoms with E-state index in [1.165, 1.54) is 18.6 Å². The summed E-state index contributed by atoms with van der Waals surface area (Å²) in [6.07, 6.45) is 0. The fourth-order valence-electron chi connectivity index (χ4n) is 1.97. The number of aromatic nitrogens is 1. The van der Waals surface area contributed by atoms with E-state index in [1.807, 2.05) is 30.3 Å². The summed E-state index contributed by atoms with van der Waals surface area (Å²) in [6, 6.07) is 9.24. The Hall–Kier alpha value is -2.21. The molecule has 1 N–H and O–H groups in total. The smallest absolute Gasteiger partial charge is 0.314 e. The standard InChI is InChI=1S/C15H16N2O3S/c1-10-13(9-21-17-10)14(18)16-8-12(15(19)20-2)11-6-4-3-5-7-11/h3-7,9,12H,8H2,1-2H3,(H,16,18)/t12-/m0/s1. The van der Waals surface area contributed by atoms with Crippen LogP contribution >= 0.6 is 11.5 Å². The van der Waals surface area contributed by atoms with Gasteiger partial charge in [0.05, 0.1) is 24.3 Å². The molecule has 0 radical (unpaired) electrons. The SMILES string of the molecule is COC(=O)[C@@H](CNC(=O)c1csnc1C)c1ccccc1. The molecule has 0 unspecified atom stereocenters. The fourth-order valence-corrected chi connectivity index (χ4v) is 2.66. The second-order valence-electron chi connectivity index (χ2n) is 4.51. The number of ether oxygens (including phenoxy) is 1. The molecule has 0 fully saturated rings. The number of amides is 1. The molecule has 0 aliphatic rings. The topological polar surface area (TPSA) is 68.3 Å². The van der Waals surface area contributed by atoms with Gasteiger partial charge in [-0.25, -0.2) is 0 Å². The number of nitrogens with one attached hydrogen (secondary N) is 1. The number of methoxy groups -OCH3 is 1. The molecule has 21 heavy (non-hydrogen) atoms. The molecule has 2 rings (SSSR count). The largest absolute Gasteiger partial charge is 0.468 e. The molecule has 0 spiro atoms. The highest BCUT2D eigenvalue weighted by molar-refractivity contribution is 7.03. The molecule has 5 nitrogen and oxygen atoms in total. The van der Waals surface area contributed by atoms with Gasteiger partial charge in [-0.3, -0.25) is 9.59 Å². The van der Waals surface area contributed by atoms with Gasteiger partial charge in [0, 0.05) is 11.9 Å². The lowest BCUT2D eigenvalue weighted by molar-refractivity contribution is -0.142. The number of aryl methyl sites for hydroxylation is 1. The van der Waals surface area contributed by atoms with E-state index in [9.17, 15) is 9.59 Å². The Bertz CT molecular complexity index is 625. The van der Waals surface area contributed by atoms with E-state index in [0.717, 1.165) is 5.56 Å². The molecule has 0 aliphatic carbocycles. The summed E-state index contributed by atoms with van der Waals surface area (Å²) in [5.74, 6) is -1.13. The Labute approximate surface area is 127 Å². The number of carbonyl (C=O) groups is 2. The van der Waals surface area contributed by atoms with Crippen LogP contribution in [0.2, 0.25) is 0 Å². The normalized spacial score (nSPS) is 11.7. The van der Waals surface area contributed by atoms with Gasteiger partial charge in [0.15, 0.2) is 0 Å². The van der Waals surface area contributed by atoms with Crippen LogP contribution in [-0.2, 0) is 9.53 Å². The zero-order valence-electron chi connectivity index (χ0n) is 11.8. The summed E-state index contributed by atoms with van der Waals surface area (Å²) >= 11 is 1.23. The number of hydrogen-bond donors (Lipinski definition) is 1. The van der Waals surface area contributed by atoms with Gasteiger partial charge in [-0.05, 0) is 24.0 Å². The molecule has 0 saturated heterocycles. The molecular formula is C15H16N2O3S. The van der Waals surface area contributed by atoms with Gasteiger partial charge in [0.25, 0.3) is 5.91 Å². The molecule has 110 valence electrons. The molecule has 1 aromatic heterocycles. The van der Waals surface area contributed by atoms with Crippen molar-refractivity contribution >= 4 is 23.4 Å². The van der Waals surface area contributed by atoms with Crippen molar-refractivity contribution in [3.05, 3.63) is 52.5 Å². The minimum absolute atomic E-state index is 0.185. The Morgan fingerprint density at radius 3 is 2.62 bits per heavy atom. The van der Waals surface area contributed by atoms with Crippen molar-refractivity contribution in [1.29, 1.82) is 0 Å². The molecule has 0 aliphatic heterocycles. The lowest BCUT2D eigenvalue weighted by Crippen LogP contribution is -2.32. The Morgan fingerprint density at radius 1 is 1.33 bits per heavy atom. The van der Waals surface area contributed by atoms with Crippen LogP contribution in [-0.4, -0.2) is 29.9 Å². The number of benzene rings is 1. The third kappa shape index (κ3) is 3.66. The van der Waals surface area contributed by atoms with Crippen LogP contribution in [0.15, 0.2) is 35.7 Å². The van der Waals surface area contributed by atoms with Crippen molar-refractivity contribution < 1.29 is 14.3 Å². The number of esters is 1. The number of carbonyl (C=O) groups excluding carboxylic acids is 2. The molecule has 1 aromatic carbocycles. The van der Waals surface area contributed by atoms with Crippen LogP contribution in [0, 0.1) is 6.92 Å². The van der Waals surface area contributed by atoms with Crippen molar-refractivity contribution in [3.8, 4) is 0 Å². The van der Waals surface area contributed by atoms with Crippen molar-refractivity contribution in [2.75, 3.05) is 13.7 Å². The van der Waals surface area contributed by atoms with Crippen LogP contribution < -0.4 is 5.32 Å². The van der Waals surface area contributed by atoms with Crippen LogP contribution in [0.4, 0.5) is 0 Å². The molecular weight excluding hydrogens is 288 g/mol. The van der Waals surface area contributed by atoms with Crippen LogP contribution in [0.5, 0.6) is 0 Å². The lowest BCUT2D eigenvalue weighted by Gasteiger charge is -2.15. The van der Waals surface area contributed by atoms with Crippen LogP contribution in [0.1, 0.15) is 27.5 Å². The second kappa shape index (κ2) is 6.99. The van der Waals surface area contributed by atoms with Crippen LogP contribution in [0.25, 0.3) is 0 Å². The minimum Gasteiger partial charge on any atom is -0.468 e. The Morgan fingerprint density at radius 2 is 2.05 bits per heavy atom. The van der Waals surface area contributed by atoms with Gasteiger partial charge < -0.3 is 10.1 Å². The number of rotatable bonds is 5. The van der Waals surface area contributed by atoms with Crippen LogP contribution in [0.3, 0.4) is 0 Å². The first kappa shape index (κ1) is 15.2. The Balaban J connectivity index is 2.08. The Kier molecular flexibility index (Phi) is 5.05. The molecule has 1 heterocycles. The summed E-state index contributed by atoms with van der Waals surface area (Å²) in [5.41, 5.74) is 2.04. The van der Waals surface area contributed by atoms with E-state index in [0.29, 0.717) is 11.3 Å². The van der Waals surface area contributed by atoms with Gasteiger partial charge in [-0.15, -0.1) is 0 Å². The summed E-state index contributed by atoms with van der Waals surface area (Å²) in [6.45, 7) is 1.96. The van der Waals surface area contributed by atoms with Gasteiger partial charge in [0.2, 0.25) is 0 Å². The number of nitrogens with zero attached hydrogens (tertiary/aromatic N) is 1. The van der Waals surface area contributed by atoms with Crippen molar-refractivity contribution in [3.63, 3.8) is 0 Å². The molecule has 6 heteroatoms. The lowest BCUT2D eigenvalue weighted by atomic mass is 9.99. The van der Waals surface area contributed by atoms with E-state index in [2.05, 4.69) is 9.69 Å². The van der Waals surface area contributed by atoms with Crippen molar-refractivity contribution in [1.82, 2.24) is 9.69 Å². The quantitative estimate of drug-likeness (QED) is 0.859. The molecule has 2 aromatic rings. The minimum atomic E-state index is -0.521. The maximum atomic E-state index is 12.1. The monoisotopic (exact) mass is 304 g/mol. The average Bonchev–Trinajstić information content (AvgIpc) is 2.94. The van der Waals surface area contributed by atoms with Gasteiger partial charge in [-0.2, -0.15) is 4.37 Å². The highest BCUT2D eigenvalue weighted by Crippen LogP contribution is 2.17. The van der Waals surface area contributed by atoms with Gasteiger partial charge >= 0.3 is 5.97 Å². The van der Waals surface area contributed by atoms with Crippen molar-refractivity contribution in [2.24, 2.45) is 0 Å². The maximum Gasteiger partial charge on any atom is 0.314 e. The van der Waals surface area contributed by atoms with E-state index in [4.69, 9.17) is 4.74 Å².